The number of benzene rings is 3. The van der Waals surface area contributed by atoms with Gasteiger partial charge in [-0.25, -0.2) is 0 Å². The van der Waals surface area contributed by atoms with Crippen LogP contribution >= 0.6 is 0 Å². The molecule has 0 spiro atoms. The van der Waals surface area contributed by atoms with Crippen molar-refractivity contribution < 1.29 is 14.3 Å². The molecule has 47 heavy (non-hydrogen) atoms. The maximum atomic E-state index is 12.5. The molecule has 0 aromatic heterocycles. The lowest BCUT2D eigenvalue weighted by Crippen LogP contribution is -2.28. The van der Waals surface area contributed by atoms with E-state index in [-0.39, 0.29) is 5.57 Å². The van der Waals surface area contributed by atoms with Crippen LogP contribution in [0, 0.1) is 0 Å². The molecule has 258 valence electrons. The zero-order chi connectivity index (χ0) is 34.4. The van der Waals surface area contributed by atoms with Crippen LogP contribution in [0.25, 0.3) is 10.8 Å². The second-order valence-corrected chi connectivity index (χ2v) is 11.5. The van der Waals surface area contributed by atoms with Crippen LogP contribution in [0.3, 0.4) is 0 Å². The first-order valence-corrected chi connectivity index (χ1v) is 18.0. The number of nitrogens with one attached hydrogen (secondary N) is 2. The van der Waals surface area contributed by atoms with E-state index in [1.807, 2.05) is 87.2 Å². The Morgan fingerprint density at radius 1 is 0.830 bits per heavy atom. The first-order chi connectivity index (χ1) is 23.0. The summed E-state index contributed by atoms with van der Waals surface area (Å²) in [5.41, 5.74) is 2.42. The van der Waals surface area contributed by atoms with E-state index >= 15 is 0 Å². The van der Waals surface area contributed by atoms with Crippen molar-refractivity contribution in [3.63, 3.8) is 0 Å². The van der Waals surface area contributed by atoms with Crippen molar-refractivity contribution in [1.29, 1.82) is 0 Å². The van der Waals surface area contributed by atoms with Crippen LogP contribution in [-0.4, -0.2) is 49.8 Å². The summed E-state index contributed by atoms with van der Waals surface area (Å²) in [6.07, 6.45) is 12.8. The van der Waals surface area contributed by atoms with Crippen LogP contribution in [0.15, 0.2) is 66.4 Å². The second kappa shape index (κ2) is 22.6. The third-order valence-electron chi connectivity index (χ3n) is 7.97. The van der Waals surface area contributed by atoms with Crippen molar-refractivity contribution in [2.45, 2.75) is 99.8 Å². The van der Waals surface area contributed by atoms with E-state index in [2.05, 4.69) is 36.3 Å². The number of hydrogen-bond acceptors (Lipinski definition) is 6. The Bertz CT molecular complexity index is 1380. The number of amides is 1. The van der Waals surface area contributed by atoms with Gasteiger partial charge in [0.1, 0.15) is 0 Å². The van der Waals surface area contributed by atoms with Gasteiger partial charge >= 0.3 is 0 Å². The van der Waals surface area contributed by atoms with Crippen LogP contribution in [-0.2, 0) is 9.59 Å². The number of carbonyl (C=O) groups is 2. The number of rotatable bonds is 12. The molecule has 2 aliphatic heterocycles. The van der Waals surface area contributed by atoms with Crippen molar-refractivity contribution in [2.75, 3.05) is 42.9 Å². The van der Waals surface area contributed by atoms with Crippen molar-refractivity contribution in [3.05, 3.63) is 66.4 Å². The van der Waals surface area contributed by atoms with Gasteiger partial charge in [-0.2, -0.15) is 0 Å². The summed E-state index contributed by atoms with van der Waals surface area (Å²) >= 11 is 0. The van der Waals surface area contributed by atoms with Crippen LogP contribution < -0.4 is 20.3 Å². The average molecular weight is 645 g/mol. The molecule has 0 saturated carbocycles. The summed E-state index contributed by atoms with van der Waals surface area (Å²) in [5.74, 6) is 0.921. The topological polar surface area (TPSA) is 73.9 Å². The van der Waals surface area contributed by atoms with Gasteiger partial charge in [0.05, 0.1) is 22.6 Å². The van der Waals surface area contributed by atoms with E-state index in [4.69, 9.17) is 4.74 Å². The van der Waals surface area contributed by atoms with Gasteiger partial charge in [0.15, 0.2) is 17.8 Å². The number of ether oxygens (including phenoxy) is 1. The molecule has 0 bridgehead atoms. The highest BCUT2D eigenvalue weighted by atomic mass is 16.5. The summed E-state index contributed by atoms with van der Waals surface area (Å²) in [6.45, 7) is 19.9. The zero-order valence-electron chi connectivity index (χ0n) is 30.2. The first kappa shape index (κ1) is 39.3. The van der Waals surface area contributed by atoms with E-state index in [0.29, 0.717) is 24.3 Å². The number of unbranched alkanes of at least 4 members (excludes halogenated alkanes) is 4. The molecule has 7 nitrogen and oxygen atoms in total. The summed E-state index contributed by atoms with van der Waals surface area (Å²) in [6, 6.07) is 17.8. The fourth-order valence-electron chi connectivity index (χ4n) is 5.41. The molecule has 2 heterocycles. The molecule has 1 saturated heterocycles. The molecule has 3 aromatic rings. The number of nitrogens with zero attached hydrogens (tertiary/aromatic N) is 2. The van der Waals surface area contributed by atoms with E-state index in [9.17, 15) is 9.59 Å². The Hall–Kier alpha value is -3.84. The Kier molecular flexibility index (Phi) is 19.0. The summed E-state index contributed by atoms with van der Waals surface area (Å²) < 4.78 is 6.32. The lowest BCUT2D eigenvalue weighted by molar-refractivity contribution is -0.119. The molecular weight excluding hydrogens is 584 g/mol. The van der Waals surface area contributed by atoms with E-state index in [0.717, 1.165) is 40.8 Å². The number of hydrogen-bond donors (Lipinski definition) is 2. The molecule has 0 unspecified atom stereocenters. The largest absolute Gasteiger partial charge is 0.451 e. The van der Waals surface area contributed by atoms with Gasteiger partial charge in [-0.15, -0.1) is 0 Å². The normalized spacial score (nSPS) is 13.3. The molecular formula is C40H60N4O3. The number of anilines is 3. The third kappa shape index (κ3) is 12.0. The van der Waals surface area contributed by atoms with Crippen LogP contribution in [0.5, 0.6) is 11.5 Å². The fraction of sp³-hybridized carbons (Fsp3) is 0.500. The number of para-hydroxylation sites is 1. The van der Waals surface area contributed by atoms with Gasteiger partial charge in [0, 0.05) is 19.3 Å². The van der Waals surface area contributed by atoms with Crippen molar-refractivity contribution in [2.24, 2.45) is 0 Å². The smallest absolute Gasteiger partial charge is 0.256 e. The molecule has 1 fully saturated rings. The van der Waals surface area contributed by atoms with Crippen molar-refractivity contribution >= 4 is 40.0 Å². The predicted molar refractivity (Wildman–Crippen MR) is 201 cm³/mol. The second-order valence-electron chi connectivity index (χ2n) is 11.5. The Morgan fingerprint density at radius 2 is 1.49 bits per heavy atom. The van der Waals surface area contributed by atoms with Gasteiger partial charge in [0.2, 0.25) is 0 Å². The molecule has 7 heteroatoms. The van der Waals surface area contributed by atoms with Gasteiger partial charge in [0.25, 0.3) is 5.91 Å². The van der Waals surface area contributed by atoms with E-state index in [1.54, 1.807) is 6.20 Å². The van der Waals surface area contributed by atoms with Crippen molar-refractivity contribution in [1.82, 2.24) is 10.2 Å². The number of fused-ring (bicyclic) bond motifs is 3. The Labute approximate surface area is 284 Å². The summed E-state index contributed by atoms with van der Waals surface area (Å²) in [7, 11) is 0. The molecule has 1 amide bonds. The Balaban J connectivity index is 0.000000396. The van der Waals surface area contributed by atoms with Crippen LogP contribution in [0.1, 0.15) is 99.8 Å². The first-order valence-electron chi connectivity index (χ1n) is 18.0. The number of likely N-dealkylation sites (tertiary alicyclic amines) is 1. The summed E-state index contributed by atoms with van der Waals surface area (Å²) in [5, 5.41) is 8.18. The third-order valence-corrected chi connectivity index (χ3v) is 7.97. The highest BCUT2D eigenvalue weighted by Crippen LogP contribution is 2.51. The van der Waals surface area contributed by atoms with Crippen LogP contribution in [0.4, 0.5) is 17.1 Å². The highest BCUT2D eigenvalue weighted by Gasteiger charge is 2.27. The monoisotopic (exact) mass is 644 g/mol. The molecule has 2 N–H and O–H groups in total. The lowest BCUT2D eigenvalue weighted by atomic mass is 10.1. The minimum atomic E-state index is -0.393. The molecule has 5 rings (SSSR count). The average Bonchev–Trinajstić information content (AvgIpc) is 3.65. The maximum absolute atomic E-state index is 12.5. The van der Waals surface area contributed by atoms with Crippen molar-refractivity contribution in [3.8, 4) is 11.5 Å². The zero-order valence-corrected chi connectivity index (χ0v) is 30.2. The standard InChI is InChI=1S/C25H25N3O3.C7H16.C6H13N.C2H6/c1-3-12-27-25(30)19(16-29)15-28-21-11-7-10-20(26-4-2)24(21)31-23-14-18-9-6-5-8-17(18)13-22(23)28;1-3-5-7-6-4-2;1-2-7-5-3-4-6-7;1-2/h5-11,13-16,26H,3-4,12H2,1-2H3,(H,27,30);3-7H2,1-2H3;2-6H2,1H3;1-2H3/b19-15+;;;. The SMILES string of the molecule is CC.CCCCCCC.CCCNC(=O)/C(C=O)=C/N1c2cc3ccccc3cc2Oc2c(NCC)cccc21.CCN1CCCC1. The number of carbonyl (C=O) groups excluding carboxylic acids is 2. The molecule has 2 aliphatic rings. The Morgan fingerprint density at radius 3 is 2.04 bits per heavy atom. The molecule has 0 aliphatic carbocycles. The minimum Gasteiger partial charge on any atom is -0.451 e. The van der Waals surface area contributed by atoms with Gasteiger partial charge in [-0.1, -0.05) is 104 Å². The van der Waals surface area contributed by atoms with Crippen LogP contribution in [0.2, 0.25) is 0 Å². The maximum Gasteiger partial charge on any atom is 0.256 e. The lowest BCUT2D eigenvalue weighted by Gasteiger charge is -2.32. The minimum absolute atomic E-state index is 0.0502. The quantitative estimate of drug-likeness (QED) is 0.0672. The molecule has 0 radical (unpaired) electrons. The van der Waals surface area contributed by atoms with E-state index < -0.39 is 5.91 Å². The highest BCUT2D eigenvalue weighted by molar-refractivity contribution is 6.11. The predicted octanol–water partition coefficient (Wildman–Crippen LogP) is 10.2. The summed E-state index contributed by atoms with van der Waals surface area (Å²) in [4.78, 5) is 28.7. The molecule has 0 atom stereocenters. The van der Waals surface area contributed by atoms with Gasteiger partial charge in [-0.3, -0.25) is 9.59 Å². The van der Waals surface area contributed by atoms with E-state index in [1.165, 1.54) is 64.6 Å². The number of aldehydes is 1. The fourth-order valence-corrected chi connectivity index (χ4v) is 5.41. The van der Waals surface area contributed by atoms with Gasteiger partial charge < -0.3 is 25.2 Å². The van der Waals surface area contributed by atoms with Gasteiger partial charge in [-0.05, 0) is 80.9 Å². The molecule has 3 aromatic carbocycles.